The highest BCUT2D eigenvalue weighted by atomic mass is 35.5. The van der Waals surface area contributed by atoms with Crippen molar-refractivity contribution in [2.24, 2.45) is 5.73 Å². The topological polar surface area (TPSA) is 91.3 Å². The smallest absolute Gasteiger partial charge is 0.276 e. The summed E-state index contributed by atoms with van der Waals surface area (Å²) in [6, 6.07) is 2.56. The number of ether oxygens (including phenoxy) is 1. The summed E-state index contributed by atoms with van der Waals surface area (Å²) in [6.45, 7) is 0.651. The lowest BCUT2D eigenvalue weighted by atomic mass is 10.4. The SMILES string of the molecule is Cl.NCCOc1cc([N+](=O)[O-])ccn1. The number of halogens is 1. The van der Waals surface area contributed by atoms with Crippen LogP contribution in [0.2, 0.25) is 0 Å². The third-order valence-corrected chi connectivity index (χ3v) is 1.30. The fraction of sp³-hybridized carbons (Fsp3) is 0.286. The lowest BCUT2D eigenvalue weighted by molar-refractivity contribution is -0.385. The van der Waals surface area contributed by atoms with Gasteiger partial charge in [0.1, 0.15) is 6.61 Å². The largest absolute Gasteiger partial charge is 0.476 e. The van der Waals surface area contributed by atoms with E-state index in [9.17, 15) is 10.1 Å². The van der Waals surface area contributed by atoms with Gasteiger partial charge in [-0.2, -0.15) is 0 Å². The molecule has 0 bridgehead atoms. The van der Waals surface area contributed by atoms with Crippen LogP contribution in [0.5, 0.6) is 5.88 Å². The third-order valence-electron chi connectivity index (χ3n) is 1.30. The molecule has 78 valence electrons. The number of pyridine rings is 1. The van der Waals surface area contributed by atoms with Gasteiger partial charge in [-0.15, -0.1) is 12.4 Å². The van der Waals surface area contributed by atoms with Crippen molar-refractivity contribution in [1.29, 1.82) is 0 Å². The molecule has 6 nitrogen and oxygen atoms in total. The van der Waals surface area contributed by atoms with Crippen molar-refractivity contribution in [3.05, 3.63) is 28.4 Å². The van der Waals surface area contributed by atoms with E-state index in [4.69, 9.17) is 10.5 Å². The quantitative estimate of drug-likeness (QED) is 0.596. The first-order valence-corrected chi connectivity index (χ1v) is 3.67. The van der Waals surface area contributed by atoms with E-state index in [-0.39, 0.29) is 24.0 Å². The van der Waals surface area contributed by atoms with Gasteiger partial charge in [-0.05, 0) is 0 Å². The zero-order chi connectivity index (χ0) is 9.68. The fourth-order valence-electron chi connectivity index (χ4n) is 0.755. The second kappa shape index (κ2) is 6.11. The molecule has 14 heavy (non-hydrogen) atoms. The molecule has 0 spiro atoms. The van der Waals surface area contributed by atoms with Crippen molar-refractivity contribution in [1.82, 2.24) is 4.98 Å². The monoisotopic (exact) mass is 219 g/mol. The molecule has 1 rings (SSSR count). The first kappa shape index (κ1) is 12.6. The van der Waals surface area contributed by atoms with E-state index in [1.165, 1.54) is 18.3 Å². The molecule has 0 amide bonds. The molecule has 0 saturated heterocycles. The van der Waals surface area contributed by atoms with Gasteiger partial charge in [-0.25, -0.2) is 4.98 Å². The number of rotatable bonds is 4. The molecule has 0 aliphatic rings. The van der Waals surface area contributed by atoms with E-state index < -0.39 is 4.92 Å². The van der Waals surface area contributed by atoms with Crippen molar-refractivity contribution < 1.29 is 9.66 Å². The Morgan fingerprint density at radius 3 is 2.93 bits per heavy atom. The first-order chi connectivity index (χ1) is 6.24. The minimum atomic E-state index is -0.503. The molecule has 0 unspecified atom stereocenters. The first-order valence-electron chi connectivity index (χ1n) is 3.67. The predicted molar refractivity (Wildman–Crippen MR) is 52.7 cm³/mol. The highest BCUT2D eigenvalue weighted by Crippen LogP contribution is 2.15. The number of nitro groups is 1. The molecular weight excluding hydrogens is 210 g/mol. The molecular formula is C7H10ClN3O3. The third kappa shape index (κ3) is 3.55. The Morgan fingerprint density at radius 2 is 2.36 bits per heavy atom. The summed E-state index contributed by atoms with van der Waals surface area (Å²) < 4.78 is 5.01. The molecule has 0 radical (unpaired) electrons. The molecule has 0 fully saturated rings. The average Bonchev–Trinajstić information content (AvgIpc) is 2.15. The van der Waals surface area contributed by atoms with Gasteiger partial charge >= 0.3 is 0 Å². The molecule has 0 aliphatic heterocycles. The second-order valence-electron chi connectivity index (χ2n) is 2.25. The Hall–Kier alpha value is -1.40. The number of hydrogen-bond donors (Lipinski definition) is 1. The van der Waals surface area contributed by atoms with Gasteiger partial charge in [0, 0.05) is 18.8 Å². The van der Waals surface area contributed by atoms with Crippen LogP contribution in [-0.4, -0.2) is 23.1 Å². The normalized spacial score (nSPS) is 8.93. The molecule has 1 aromatic heterocycles. The number of nitrogens with zero attached hydrogens (tertiary/aromatic N) is 2. The summed E-state index contributed by atoms with van der Waals surface area (Å²) in [7, 11) is 0. The predicted octanol–water partition coefficient (Wildman–Crippen LogP) is 0.749. The molecule has 0 aromatic carbocycles. The molecule has 7 heteroatoms. The van der Waals surface area contributed by atoms with Crippen LogP contribution < -0.4 is 10.5 Å². The van der Waals surface area contributed by atoms with Crippen LogP contribution in [-0.2, 0) is 0 Å². The summed E-state index contributed by atoms with van der Waals surface area (Å²) in [5.41, 5.74) is 5.15. The Balaban J connectivity index is 0.00000169. The van der Waals surface area contributed by atoms with Crippen LogP contribution in [0.15, 0.2) is 18.3 Å². The van der Waals surface area contributed by atoms with Crippen LogP contribution in [0, 0.1) is 10.1 Å². The number of aromatic nitrogens is 1. The van der Waals surface area contributed by atoms with Crippen molar-refractivity contribution >= 4 is 18.1 Å². The van der Waals surface area contributed by atoms with E-state index >= 15 is 0 Å². The summed E-state index contributed by atoms with van der Waals surface area (Å²) in [4.78, 5) is 13.6. The summed E-state index contributed by atoms with van der Waals surface area (Å²) >= 11 is 0. The molecule has 0 saturated carbocycles. The lowest BCUT2D eigenvalue weighted by Gasteiger charge is -2.01. The van der Waals surface area contributed by atoms with E-state index in [1.807, 2.05) is 0 Å². The van der Waals surface area contributed by atoms with Crippen molar-refractivity contribution in [3.63, 3.8) is 0 Å². The minimum Gasteiger partial charge on any atom is -0.476 e. The van der Waals surface area contributed by atoms with Crippen molar-refractivity contribution in [2.75, 3.05) is 13.2 Å². The van der Waals surface area contributed by atoms with Crippen LogP contribution in [0.4, 0.5) is 5.69 Å². The van der Waals surface area contributed by atoms with Crippen LogP contribution in [0.3, 0.4) is 0 Å². The van der Waals surface area contributed by atoms with Crippen molar-refractivity contribution in [2.45, 2.75) is 0 Å². The van der Waals surface area contributed by atoms with Gasteiger partial charge in [0.25, 0.3) is 5.69 Å². The van der Waals surface area contributed by atoms with Gasteiger partial charge in [-0.1, -0.05) is 0 Å². The van der Waals surface area contributed by atoms with Gasteiger partial charge < -0.3 is 10.5 Å². The Morgan fingerprint density at radius 1 is 1.64 bits per heavy atom. The zero-order valence-corrected chi connectivity index (χ0v) is 8.07. The fourth-order valence-corrected chi connectivity index (χ4v) is 0.755. The number of nitrogens with two attached hydrogens (primary N) is 1. The zero-order valence-electron chi connectivity index (χ0n) is 7.25. The van der Waals surface area contributed by atoms with Crippen LogP contribution in [0.1, 0.15) is 0 Å². The summed E-state index contributed by atoms with van der Waals surface area (Å²) in [5.74, 6) is 0.222. The lowest BCUT2D eigenvalue weighted by Crippen LogP contribution is -2.11. The maximum absolute atomic E-state index is 10.3. The molecule has 1 aromatic rings. The average molecular weight is 220 g/mol. The molecule has 0 atom stereocenters. The van der Waals surface area contributed by atoms with E-state index in [0.717, 1.165) is 0 Å². The Labute approximate surface area is 86.6 Å². The van der Waals surface area contributed by atoms with E-state index in [1.54, 1.807) is 0 Å². The summed E-state index contributed by atoms with van der Waals surface area (Å²) in [6.07, 6.45) is 1.32. The maximum Gasteiger partial charge on any atom is 0.276 e. The Kier molecular flexibility index (Phi) is 5.50. The second-order valence-corrected chi connectivity index (χ2v) is 2.25. The van der Waals surface area contributed by atoms with Crippen LogP contribution in [0.25, 0.3) is 0 Å². The van der Waals surface area contributed by atoms with E-state index in [0.29, 0.717) is 13.2 Å². The van der Waals surface area contributed by atoms with E-state index in [2.05, 4.69) is 4.98 Å². The van der Waals surface area contributed by atoms with Gasteiger partial charge in [-0.3, -0.25) is 10.1 Å². The molecule has 1 heterocycles. The standard InChI is InChI=1S/C7H9N3O3.ClH/c8-2-4-13-7-5-6(10(11)12)1-3-9-7;/h1,3,5H,2,4,8H2;1H. The molecule has 0 aliphatic carbocycles. The Bertz CT molecular complexity index is 308. The van der Waals surface area contributed by atoms with Gasteiger partial charge in [0.2, 0.25) is 5.88 Å². The van der Waals surface area contributed by atoms with Gasteiger partial charge in [0.05, 0.1) is 11.0 Å². The maximum atomic E-state index is 10.3. The van der Waals surface area contributed by atoms with Crippen molar-refractivity contribution in [3.8, 4) is 5.88 Å². The minimum absolute atomic E-state index is 0. The summed E-state index contributed by atoms with van der Waals surface area (Å²) in [5, 5.41) is 10.3. The van der Waals surface area contributed by atoms with Gasteiger partial charge in [0.15, 0.2) is 0 Å². The highest BCUT2D eigenvalue weighted by molar-refractivity contribution is 5.85. The highest BCUT2D eigenvalue weighted by Gasteiger charge is 2.06. The molecule has 2 N–H and O–H groups in total. The number of hydrogen-bond acceptors (Lipinski definition) is 5. The van der Waals surface area contributed by atoms with Crippen LogP contribution >= 0.6 is 12.4 Å².